The number of ether oxygens (including phenoxy) is 1. The first-order chi connectivity index (χ1) is 11.1. The molecule has 6 heteroatoms. The maximum atomic E-state index is 11.7. The molecule has 1 N–H and O–H groups in total. The highest BCUT2D eigenvalue weighted by atomic mass is 32.1. The molecule has 1 aromatic heterocycles. The first-order valence-corrected chi connectivity index (χ1v) is 8.73. The molecule has 1 aromatic carbocycles. The zero-order valence-corrected chi connectivity index (χ0v) is 13.9. The van der Waals surface area contributed by atoms with Gasteiger partial charge in [-0.15, -0.1) is 11.3 Å². The molecule has 2 aromatic rings. The molecule has 0 saturated heterocycles. The van der Waals surface area contributed by atoms with Gasteiger partial charge in [0.25, 0.3) is 5.91 Å². The highest BCUT2D eigenvalue weighted by molar-refractivity contribution is 7.18. The predicted molar refractivity (Wildman–Crippen MR) is 89.2 cm³/mol. The van der Waals surface area contributed by atoms with E-state index in [1.165, 1.54) is 12.8 Å². The van der Waals surface area contributed by atoms with Crippen molar-refractivity contribution < 1.29 is 14.3 Å². The van der Waals surface area contributed by atoms with Gasteiger partial charge in [0.2, 0.25) is 0 Å². The third-order valence-electron chi connectivity index (χ3n) is 3.96. The van der Waals surface area contributed by atoms with E-state index in [1.54, 1.807) is 11.3 Å². The molecule has 1 aliphatic rings. The molecule has 1 atom stereocenters. The van der Waals surface area contributed by atoms with Gasteiger partial charge in [-0.2, -0.15) is 0 Å². The van der Waals surface area contributed by atoms with Crippen LogP contribution in [0.5, 0.6) is 0 Å². The van der Waals surface area contributed by atoms with Gasteiger partial charge in [0.1, 0.15) is 0 Å². The van der Waals surface area contributed by atoms with Gasteiger partial charge in [-0.3, -0.25) is 9.59 Å². The van der Waals surface area contributed by atoms with E-state index in [0.29, 0.717) is 12.3 Å². The monoisotopic (exact) mass is 332 g/mol. The van der Waals surface area contributed by atoms with Gasteiger partial charge >= 0.3 is 5.97 Å². The molecule has 0 aliphatic heterocycles. The Balaban J connectivity index is 1.39. The van der Waals surface area contributed by atoms with Crippen molar-refractivity contribution >= 4 is 33.4 Å². The molecule has 122 valence electrons. The maximum Gasteiger partial charge on any atom is 0.306 e. The molecule has 0 bridgehead atoms. The topological polar surface area (TPSA) is 68.3 Å². The van der Waals surface area contributed by atoms with Crippen molar-refractivity contribution in [2.24, 2.45) is 5.92 Å². The lowest BCUT2D eigenvalue weighted by molar-refractivity contribution is -0.148. The van der Waals surface area contributed by atoms with Crippen LogP contribution in [0.4, 0.5) is 0 Å². The highest BCUT2D eigenvalue weighted by Crippen LogP contribution is 2.32. The van der Waals surface area contributed by atoms with Crippen LogP contribution in [0.1, 0.15) is 31.2 Å². The van der Waals surface area contributed by atoms with Crippen LogP contribution < -0.4 is 5.32 Å². The molecule has 23 heavy (non-hydrogen) atoms. The van der Waals surface area contributed by atoms with Crippen molar-refractivity contribution in [2.45, 2.75) is 38.6 Å². The van der Waals surface area contributed by atoms with E-state index in [0.717, 1.165) is 15.2 Å². The number of amides is 1. The number of aromatic nitrogens is 1. The first-order valence-electron chi connectivity index (χ1n) is 7.91. The number of benzene rings is 1. The van der Waals surface area contributed by atoms with Gasteiger partial charge in [-0.05, 0) is 37.8 Å². The van der Waals surface area contributed by atoms with Gasteiger partial charge in [-0.25, -0.2) is 4.98 Å². The van der Waals surface area contributed by atoms with E-state index < -0.39 is 0 Å². The third-order valence-corrected chi connectivity index (χ3v) is 5.06. The number of nitrogens with one attached hydrogen (secondary N) is 1. The van der Waals surface area contributed by atoms with E-state index in [-0.39, 0.29) is 30.9 Å². The Bertz CT molecular complexity index is 676. The smallest absolute Gasteiger partial charge is 0.306 e. The fraction of sp³-hybridized carbons (Fsp3) is 0.471. The SMILES string of the molecule is C[C@@H](NC(=O)COC(=O)CCc1nc2ccccc2s1)C1CC1. The van der Waals surface area contributed by atoms with Crippen molar-refractivity contribution in [3.63, 3.8) is 0 Å². The summed E-state index contributed by atoms with van der Waals surface area (Å²) in [7, 11) is 0. The number of fused-ring (bicyclic) bond motifs is 1. The average Bonchev–Trinajstić information content (AvgIpc) is 3.30. The Hall–Kier alpha value is -1.95. The maximum absolute atomic E-state index is 11.7. The number of hydrogen-bond acceptors (Lipinski definition) is 5. The number of hydrogen-bond donors (Lipinski definition) is 1. The Morgan fingerprint density at radius 2 is 2.17 bits per heavy atom. The number of carbonyl (C=O) groups excluding carboxylic acids is 2. The molecule has 0 radical (unpaired) electrons. The minimum absolute atomic E-state index is 0.170. The quantitative estimate of drug-likeness (QED) is 0.792. The number of aryl methyl sites for hydroxylation is 1. The van der Waals surface area contributed by atoms with E-state index in [2.05, 4.69) is 10.3 Å². The Morgan fingerprint density at radius 3 is 2.91 bits per heavy atom. The normalized spacial score (nSPS) is 15.3. The summed E-state index contributed by atoms with van der Waals surface area (Å²) in [5.74, 6) is 0.00454. The summed E-state index contributed by atoms with van der Waals surface area (Å²) in [5, 5.41) is 3.77. The van der Waals surface area contributed by atoms with E-state index in [1.807, 2.05) is 31.2 Å². The minimum atomic E-state index is -0.363. The highest BCUT2D eigenvalue weighted by Gasteiger charge is 2.28. The number of esters is 1. The number of para-hydroxylation sites is 1. The van der Waals surface area contributed by atoms with Crippen LogP contribution in [0.2, 0.25) is 0 Å². The largest absolute Gasteiger partial charge is 0.456 e. The summed E-state index contributed by atoms with van der Waals surface area (Å²) < 4.78 is 6.14. The molecule has 1 amide bonds. The molecule has 1 saturated carbocycles. The van der Waals surface area contributed by atoms with E-state index in [4.69, 9.17) is 4.74 Å². The van der Waals surface area contributed by atoms with Crippen LogP contribution in [0.25, 0.3) is 10.2 Å². The summed E-state index contributed by atoms with van der Waals surface area (Å²) in [6.45, 7) is 1.79. The lowest BCUT2D eigenvalue weighted by Crippen LogP contribution is -2.37. The molecule has 5 nitrogen and oxygen atoms in total. The van der Waals surface area contributed by atoms with Gasteiger partial charge in [-0.1, -0.05) is 12.1 Å². The van der Waals surface area contributed by atoms with Crippen LogP contribution in [0.15, 0.2) is 24.3 Å². The van der Waals surface area contributed by atoms with E-state index >= 15 is 0 Å². The molecular weight excluding hydrogens is 312 g/mol. The second kappa shape index (κ2) is 7.08. The second-order valence-electron chi connectivity index (χ2n) is 5.93. The van der Waals surface area contributed by atoms with Crippen molar-refractivity contribution in [3.05, 3.63) is 29.3 Å². The molecule has 1 heterocycles. The van der Waals surface area contributed by atoms with Crippen LogP contribution in [0, 0.1) is 5.92 Å². The summed E-state index contributed by atoms with van der Waals surface area (Å²) in [6.07, 6.45) is 3.12. The van der Waals surface area contributed by atoms with Crippen LogP contribution in [-0.2, 0) is 20.7 Å². The summed E-state index contributed by atoms with van der Waals surface area (Å²) in [5.41, 5.74) is 0.953. The van der Waals surface area contributed by atoms with Gasteiger partial charge < -0.3 is 10.1 Å². The van der Waals surface area contributed by atoms with E-state index in [9.17, 15) is 9.59 Å². The third kappa shape index (κ3) is 4.51. The molecule has 0 unspecified atom stereocenters. The summed E-state index contributed by atoms with van der Waals surface area (Å²) in [6, 6.07) is 8.06. The molecular formula is C17H20N2O3S. The summed E-state index contributed by atoms with van der Waals surface area (Å²) in [4.78, 5) is 27.9. The fourth-order valence-electron chi connectivity index (χ4n) is 2.46. The first kappa shape index (κ1) is 15.9. The fourth-order valence-corrected chi connectivity index (χ4v) is 3.43. The number of nitrogens with zero attached hydrogens (tertiary/aromatic N) is 1. The van der Waals surface area contributed by atoms with Crippen LogP contribution in [-0.4, -0.2) is 29.5 Å². The number of carbonyl (C=O) groups is 2. The zero-order valence-electron chi connectivity index (χ0n) is 13.1. The molecule has 0 spiro atoms. The van der Waals surface area contributed by atoms with Gasteiger partial charge in [0, 0.05) is 12.5 Å². The predicted octanol–water partition coefficient (Wildman–Crippen LogP) is 2.69. The molecule has 1 fully saturated rings. The number of rotatable bonds is 7. The van der Waals surface area contributed by atoms with Gasteiger partial charge in [0.05, 0.1) is 21.6 Å². The van der Waals surface area contributed by atoms with Gasteiger partial charge in [0.15, 0.2) is 6.61 Å². The Labute approximate surface area is 139 Å². The summed E-state index contributed by atoms with van der Waals surface area (Å²) >= 11 is 1.58. The van der Waals surface area contributed by atoms with Crippen molar-refractivity contribution in [1.29, 1.82) is 0 Å². The Morgan fingerprint density at radius 1 is 1.39 bits per heavy atom. The lowest BCUT2D eigenvalue weighted by Gasteiger charge is -2.12. The molecule has 1 aliphatic carbocycles. The standard InChI is InChI=1S/C17H20N2O3S/c1-11(12-6-7-12)18-15(20)10-22-17(21)9-8-16-19-13-4-2-3-5-14(13)23-16/h2-5,11-12H,6-10H2,1H3,(H,18,20)/t11-/m1/s1. The van der Waals surface area contributed by atoms with Crippen molar-refractivity contribution in [1.82, 2.24) is 10.3 Å². The van der Waals surface area contributed by atoms with Crippen LogP contribution in [0.3, 0.4) is 0 Å². The van der Waals surface area contributed by atoms with Crippen molar-refractivity contribution in [3.8, 4) is 0 Å². The minimum Gasteiger partial charge on any atom is -0.456 e. The average molecular weight is 332 g/mol. The Kier molecular flexibility index (Phi) is 4.91. The number of thiazole rings is 1. The molecule has 3 rings (SSSR count). The van der Waals surface area contributed by atoms with Crippen LogP contribution >= 0.6 is 11.3 Å². The lowest BCUT2D eigenvalue weighted by atomic mass is 10.2. The zero-order chi connectivity index (χ0) is 16.2. The second-order valence-corrected chi connectivity index (χ2v) is 7.04. The van der Waals surface area contributed by atoms with Crippen molar-refractivity contribution in [2.75, 3.05) is 6.61 Å².